The first kappa shape index (κ1) is 17.5. The van der Waals surface area contributed by atoms with Crippen LogP contribution >= 0.6 is 0 Å². The Morgan fingerprint density at radius 3 is 2.93 bits per heavy atom. The van der Waals surface area contributed by atoms with E-state index in [1.54, 1.807) is 4.57 Å². The maximum atomic E-state index is 12.8. The van der Waals surface area contributed by atoms with Gasteiger partial charge in [0.1, 0.15) is 5.39 Å². The lowest BCUT2D eigenvalue weighted by Gasteiger charge is -2.13. The fourth-order valence-corrected chi connectivity index (χ4v) is 3.57. The van der Waals surface area contributed by atoms with Gasteiger partial charge < -0.3 is 15.0 Å². The predicted octanol–water partition coefficient (Wildman–Crippen LogP) is 2.17. The molecule has 0 aromatic carbocycles. The highest BCUT2D eigenvalue weighted by atomic mass is 16.5. The van der Waals surface area contributed by atoms with Crippen molar-refractivity contribution in [3.05, 3.63) is 34.4 Å². The lowest BCUT2D eigenvalue weighted by Crippen LogP contribution is -2.22. The Balaban J connectivity index is 1.90. The van der Waals surface area contributed by atoms with Gasteiger partial charge in [-0.15, -0.1) is 0 Å². The monoisotopic (exact) mass is 368 g/mol. The minimum atomic E-state index is -0.128. The summed E-state index contributed by atoms with van der Waals surface area (Å²) in [6.07, 6.45) is 4.80. The zero-order chi connectivity index (χ0) is 19.1. The van der Waals surface area contributed by atoms with Gasteiger partial charge in [0.15, 0.2) is 5.82 Å². The first-order valence-electron chi connectivity index (χ1n) is 9.14. The summed E-state index contributed by atoms with van der Waals surface area (Å²) in [5.41, 5.74) is 10.4. The molecule has 8 heteroatoms. The van der Waals surface area contributed by atoms with E-state index in [0.717, 1.165) is 23.4 Å². The van der Waals surface area contributed by atoms with Crippen molar-refractivity contribution in [2.75, 3.05) is 18.9 Å². The number of hydrogen-bond donors (Lipinski definition) is 2. The topological polar surface area (TPSA) is 104 Å². The molecule has 0 spiro atoms. The van der Waals surface area contributed by atoms with E-state index < -0.39 is 0 Å². The molecular weight excluding hydrogens is 344 g/mol. The molecule has 0 fully saturated rings. The van der Waals surface area contributed by atoms with E-state index in [0.29, 0.717) is 36.6 Å². The second kappa shape index (κ2) is 6.70. The van der Waals surface area contributed by atoms with Crippen molar-refractivity contribution in [3.63, 3.8) is 0 Å². The van der Waals surface area contributed by atoms with E-state index in [9.17, 15) is 4.79 Å². The third-order valence-corrected chi connectivity index (χ3v) is 4.83. The van der Waals surface area contributed by atoms with Gasteiger partial charge in [0.2, 0.25) is 0 Å². The number of fused-ring (bicyclic) bond motifs is 1. The first-order valence-corrected chi connectivity index (χ1v) is 9.14. The molecule has 0 aliphatic carbocycles. The van der Waals surface area contributed by atoms with Crippen molar-refractivity contribution < 1.29 is 4.74 Å². The molecule has 0 saturated heterocycles. The Morgan fingerprint density at radius 2 is 2.22 bits per heavy atom. The number of pyridine rings is 1. The molecule has 4 rings (SSSR count). The maximum Gasteiger partial charge on any atom is 0.263 e. The number of H-pyrrole nitrogens is 1. The highest BCUT2D eigenvalue weighted by Gasteiger charge is 2.20. The smallest absolute Gasteiger partial charge is 0.263 e. The summed E-state index contributed by atoms with van der Waals surface area (Å²) in [7, 11) is 1.93. The Labute approximate surface area is 156 Å². The van der Waals surface area contributed by atoms with Crippen molar-refractivity contribution in [1.29, 1.82) is 0 Å². The van der Waals surface area contributed by atoms with E-state index >= 15 is 0 Å². The summed E-state index contributed by atoms with van der Waals surface area (Å²) >= 11 is 0. The number of rotatable bonds is 4. The molecule has 0 amide bonds. The first-order chi connectivity index (χ1) is 13.0. The maximum absolute atomic E-state index is 12.8. The van der Waals surface area contributed by atoms with Crippen LogP contribution in [0, 0.1) is 5.92 Å². The molecule has 27 heavy (non-hydrogen) atoms. The van der Waals surface area contributed by atoms with Crippen molar-refractivity contribution in [2.45, 2.75) is 26.8 Å². The summed E-state index contributed by atoms with van der Waals surface area (Å²) in [5, 5.41) is 12.1. The molecule has 3 aromatic heterocycles. The Morgan fingerprint density at radius 1 is 1.41 bits per heavy atom. The average Bonchev–Trinajstić information content (AvgIpc) is 3.21. The minimum absolute atomic E-state index is 0.128. The zero-order valence-electron chi connectivity index (χ0n) is 15.8. The minimum Gasteiger partial charge on any atom is -0.382 e. The molecule has 1 aliphatic heterocycles. The molecule has 0 radical (unpaired) electrons. The Bertz CT molecular complexity index is 1090. The molecule has 0 unspecified atom stereocenters. The van der Waals surface area contributed by atoms with Crippen LogP contribution in [0.2, 0.25) is 0 Å². The predicted molar refractivity (Wildman–Crippen MR) is 105 cm³/mol. The number of aromatic amines is 1. The van der Waals surface area contributed by atoms with Gasteiger partial charge in [-0.05, 0) is 24.0 Å². The lowest BCUT2D eigenvalue weighted by molar-refractivity contribution is 0.161. The number of anilines is 1. The second-order valence-corrected chi connectivity index (χ2v) is 7.35. The Kier molecular flexibility index (Phi) is 4.35. The van der Waals surface area contributed by atoms with Gasteiger partial charge in [-0.3, -0.25) is 14.6 Å². The molecule has 0 atom stereocenters. The number of aryl methyl sites for hydroxylation is 1. The summed E-state index contributed by atoms with van der Waals surface area (Å²) in [4.78, 5) is 12.8. The highest BCUT2D eigenvalue weighted by Crippen LogP contribution is 2.30. The van der Waals surface area contributed by atoms with Gasteiger partial charge in [0, 0.05) is 25.4 Å². The fraction of sp³-hybridized carbons (Fsp3) is 0.421. The molecule has 142 valence electrons. The largest absolute Gasteiger partial charge is 0.382 e. The van der Waals surface area contributed by atoms with E-state index in [1.165, 1.54) is 5.57 Å². The van der Waals surface area contributed by atoms with Crippen LogP contribution in [0.25, 0.3) is 27.7 Å². The molecule has 0 saturated carbocycles. The van der Waals surface area contributed by atoms with Crippen molar-refractivity contribution in [1.82, 2.24) is 24.5 Å². The van der Waals surface area contributed by atoms with Crippen molar-refractivity contribution in [3.8, 4) is 11.3 Å². The van der Waals surface area contributed by atoms with E-state index in [-0.39, 0.29) is 11.4 Å². The normalized spacial score (nSPS) is 14.9. The molecule has 3 N–H and O–H groups in total. The van der Waals surface area contributed by atoms with Crippen LogP contribution in [0.4, 0.5) is 5.82 Å². The van der Waals surface area contributed by atoms with E-state index in [4.69, 9.17) is 15.6 Å². The van der Waals surface area contributed by atoms with Crippen molar-refractivity contribution in [2.24, 2.45) is 13.0 Å². The summed E-state index contributed by atoms with van der Waals surface area (Å²) < 4.78 is 8.98. The van der Waals surface area contributed by atoms with E-state index in [2.05, 4.69) is 30.1 Å². The molecule has 1 aliphatic rings. The quantitative estimate of drug-likeness (QED) is 0.734. The lowest BCUT2D eigenvalue weighted by atomic mass is 10.1. The molecule has 4 heterocycles. The van der Waals surface area contributed by atoms with Gasteiger partial charge >= 0.3 is 0 Å². The average molecular weight is 368 g/mol. The van der Waals surface area contributed by atoms with Crippen LogP contribution in [0.3, 0.4) is 0 Å². The molecular formula is C19H24N6O2. The van der Waals surface area contributed by atoms with Gasteiger partial charge in [0.25, 0.3) is 5.56 Å². The van der Waals surface area contributed by atoms with Crippen LogP contribution in [0.15, 0.2) is 23.1 Å². The SMILES string of the molecule is CC(C)Cn1cc(-c2cc(C3=CCOCC3)n(C)n2)c2[nH]nc(N)c2c1=O. The third kappa shape index (κ3) is 3.06. The summed E-state index contributed by atoms with van der Waals surface area (Å²) in [6, 6.07) is 2.05. The fourth-order valence-electron chi connectivity index (χ4n) is 3.57. The number of nitrogens with two attached hydrogens (primary N) is 1. The summed E-state index contributed by atoms with van der Waals surface area (Å²) in [6.45, 7) is 6.09. The van der Waals surface area contributed by atoms with Crippen LogP contribution < -0.4 is 11.3 Å². The third-order valence-electron chi connectivity index (χ3n) is 4.83. The number of hydrogen-bond acceptors (Lipinski definition) is 5. The van der Waals surface area contributed by atoms with Crippen LogP contribution in [0.5, 0.6) is 0 Å². The number of nitrogens with zero attached hydrogens (tertiary/aromatic N) is 4. The van der Waals surface area contributed by atoms with Gasteiger partial charge in [0.05, 0.1) is 30.1 Å². The summed E-state index contributed by atoms with van der Waals surface area (Å²) in [5.74, 6) is 0.547. The zero-order valence-corrected chi connectivity index (χ0v) is 15.8. The van der Waals surface area contributed by atoms with Gasteiger partial charge in [-0.2, -0.15) is 10.2 Å². The second-order valence-electron chi connectivity index (χ2n) is 7.35. The standard InChI is InChI=1S/C19H24N6O2/c1-11(2)9-25-10-13(17-16(19(25)26)18(20)22-21-17)14-8-15(24(3)23-14)12-4-6-27-7-5-12/h4,8,10-11H,5-7,9H2,1-3H3,(H3,20,21,22). The molecule has 8 nitrogen and oxygen atoms in total. The number of aromatic nitrogens is 5. The van der Waals surface area contributed by atoms with Crippen LogP contribution in [0.1, 0.15) is 26.0 Å². The number of ether oxygens (including phenoxy) is 1. The molecule has 3 aromatic rings. The van der Waals surface area contributed by atoms with Crippen LogP contribution in [-0.4, -0.2) is 37.8 Å². The van der Waals surface area contributed by atoms with E-state index in [1.807, 2.05) is 24.0 Å². The highest BCUT2D eigenvalue weighted by molar-refractivity contribution is 5.97. The van der Waals surface area contributed by atoms with Gasteiger partial charge in [-0.1, -0.05) is 19.9 Å². The Hall–Kier alpha value is -2.87. The van der Waals surface area contributed by atoms with Gasteiger partial charge in [-0.25, -0.2) is 0 Å². The number of nitrogens with one attached hydrogen (secondary N) is 1. The van der Waals surface area contributed by atoms with Crippen molar-refractivity contribution >= 4 is 22.3 Å². The number of nitrogen functional groups attached to an aromatic ring is 1. The van der Waals surface area contributed by atoms with Crippen LogP contribution in [-0.2, 0) is 18.3 Å². The molecule has 0 bridgehead atoms.